The Hall–Kier alpha value is -3.93. The fraction of sp³-hybridized carbons (Fsp3) is 0.160. The Kier molecular flexibility index (Phi) is 4.96. The quantitative estimate of drug-likeness (QED) is 0.458. The maximum absolute atomic E-state index is 12.9. The van der Waals surface area contributed by atoms with Gasteiger partial charge in [-0.2, -0.15) is 5.10 Å². The van der Waals surface area contributed by atoms with E-state index in [-0.39, 0.29) is 24.8 Å². The SMILES string of the molecule is O=CCCC(=O)N1N=C(c2ccc3ccccc3c2)CC1c1ccc2nccnc2c1. The molecule has 1 unspecified atom stereocenters. The molecule has 152 valence electrons. The standard InChI is InChI=1S/C25H20N4O2/c30-13-3-6-25(31)29-24(20-9-10-21-23(15-20)27-12-11-26-21)16-22(28-29)19-8-7-17-4-1-2-5-18(17)14-19/h1-2,4-5,7-15,24H,3,6,16H2. The largest absolute Gasteiger partial charge is 0.303 e. The highest BCUT2D eigenvalue weighted by Gasteiger charge is 2.33. The van der Waals surface area contributed by atoms with E-state index in [1.54, 1.807) is 12.4 Å². The van der Waals surface area contributed by atoms with Crippen LogP contribution < -0.4 is 0 Å². The molecule has 1 amide bonds. The Balaban J connectivity index is 1.53. The number of amides is 1. The number of hydrazone groups is 1. The Morgan fingerprint density at radius 1 is 0.968 bits per heavy atom. The number of hydrogen-bond donors (Lipinski definition) is 0. The normalized spacial score (nSPS) is 15.9. The number of fused-ring (bicyclic) bond motifs is 2. The number of aromatic nitrogens is 2. The van der Waals surface area contributed by atoms with Gasteiger partial charge in [0.05, 0.1) is 22.8 Å². The average molecular weight is 408 g/mol. The summed E-state index contributed by atoms with van der Waals surface area (Å²) in [5.41, 5.74) is 4.38. The van der Waals surface area contributed by atoms with Crippen molar-refractivity contribution in [3.8, 4) is 0 Å². The van der Waals surface area contributed by atoms with E-state index >= 15 is 0 Å². The topological polar surface area (TPSA) is 75.5 Å². The molecule has 1 aromatic heterocycles. The van der Waals surface area contributed by atoms with E-state index in [9.17, 15) is 9.59 Å². The van der Waals surface area contributed by atoms with Crippen LogP contribution in [0.3, 0.4) is 0 Å². The van der Waals surface area contributed by atoms with Crippen molar-refractivity contribution in [1.82, 2.24) is 15.0 Å². The van der Waals surface area contributed by atoms with Gasteiger partial charge in [0, 0.05) is 31.7 Å². The van der Waals surface area contributed by atoms with Crippen LogP contribution in [-0.4, -0.2) is 32.9 Å². The van der Waals surface area contributed by atoms with Gasteiger partial charge >= 0.3 is 0 Å². The first-order chi connectivity index (χ1) is 15.2. The van der Waals surface area contributed by atoms with Gasteiger partial charge in [-0.3, -0.25) is 14.8 Å². The molecule has 3 aromatic carbocycles. The Morgan fingerprint density at radius 3 is 2.61 bits per heavy atom. The van der Waals surface area contributed by atoms with E-state index in [1.165, 1.54) is 5.01 Å². The molecular weight excluding hydrogens is 388 g/mol. The average Bonchev–Trinajstić information content (AvgIpc) is 3.27. The molecule has 0 spiro atoms. The molecule has 31 heavy (non-hydrogen) atoms. The minimum Gasteiger partial charge on any atom is -0.303 e. The lowest BCUT2D eigenvalue weighted by Gasteiger charge is -2.22. The summed E-state index contributed by atoms with van der Waals surface area (Å²) in [6.07, 6.45) is 5.01. The Labute approximate surface area is 179 Å². The van der Waals surface area contributed by atoms with Crippen LogP contribution in [0.5, 0.6) is 0 Å². The van der Waals surface area contributed by atoms with Crippen molar-refractivity contribution < 1.29 is 9.59 Å². The van der Waals surface area contributed by atoms with Gasteiger partial charge in [0.25, 0.3) is 0 Å². The van der Waals surface area contributed by atoms with E-state index in [0.717, 1.165) is 44.9 Å². The number of hydrogen-bond acceptors (Lipinski definition) is 5. The third kappa shape index (κ3) is 3.68. The van der Waals surface area contributed by atoms with Crippen molar-refractivity contribution in [3.63, 3.8) is 0 Å². The summed E-state index contributed by atoms with van der Waals surface area (Å²) in [7, 11) is 0. The summed E-state index contributed by atoms with van der Waals surface area (Å²) in [5.74, 6) is -0.160. The molecule has 6 nitrogen and oxygen atoms in total. The predicted octanol–water partition coefficient (Wildman–Crippen LogP) is 4.44. The second kappa shape index (κ2) is 8.07. The molecule has 0 bridgehead atoms. The number of benzene rings is 3. The molecule has 0 N–H and O–H groups in total. The number of rotatable bonds is 5. The zero-order valence-electron chi connectivity index (χ0n) is 16.8. The highest BCUT2D eigenvalue weighted by Crippen LogP contribution is 2.34. The zero-order valence-corrected chi connectivity index (χ0v) is 16.8. The maximum Gasteiger partial charge on any atom is 0.243 e. The maximum atomic E-state index is 12.9. The minimum absolute atomic E-state index is 0.141. The van der Waals surface area contributed by atoms with E-state index in [1.807, 2.05) is 36.4 Å². The van der Waals surface area contributed by atoms with Crippen molar-refractivity contribution in [1.29, 1.82) is 0 Å². The lowest BCUT2D eigenvalue weighted by atomic mass is 9.96. The van der Waals surface area contributed by atoms with Gasteiger partial charge in [0.1, 0.15) is 6.29 Å². The van der Waals surface area contributed by atoms with Gasteiger partial charge in [-0.1, -0.05) is 42.5 Å². The smallest absolute Gasteiger partial charge is 0.243 e. The number of nitrogens with zero attached hydrogens (tertiary/aromatic N) is 4. The third-order valence-electron chi connectivity index (χ3n) is 5.60. The molecule has 0 fully saturated rings. The molecule has 2 heterocycles. The number of carbonyl (C=O) groups is 2. The van der Waals surface area contributed by atoms with Crippen LogP contribution in [0.15, 0.2) is 78.2 Å². The second-order valence-corrected chi connectivity index (χ2v) is 7.58. The van der Waals surface area contributed by atoms with E-state index in [4.69, 9.17) is 5.10 Å². The monoisotopic (exact) mass is 408 g/mol. The van der Waals surface area contributed by atoms with Gasteiger partial charge in [0.2, 0.25) is 5.91 Å². The second-order valence-electron chi connectivity index (χ2n) is 7.58. The van der Waals surface area contributed by atoms with Crippen LogP contribution in [0.1, 0.15) is 36.4 Å². The van der Waals surface area contributed by atoms with Crippen LogP contribution in [0, 0.1) is 0 Å². The molecule has 0 radical (unpaired) electrons. The Bertz CT molecular complexity index is 1330. The lowest BCUT2D eigenvalue weighted by Crippen LogP contribution is -2.26. The molecule has 0 saturated heterocycles. The molecule has 1 atom stereocenters. The molecule has 1 aliphatic heterocycles. The fourth-order valence-corrected chi connectivity index (χ4v) is 4.03. The van der Waals surface area contributed by atoms with E-state index < -0.39 is 0 Å². The molecule has 0 aliphatic carbocycles. The van der Waals surface area contributed by atoms with Crippen molar-refractivity contribution in [2.24, 2.45) is 5.10 Å². The summed E-state index contributed by atoms with van der Waals surface area (Å²) in [6, 6.07) is 20.0. The molecule has 0 saturated carbocycles. The number of carbonyl (C=O) groups excluding carboxylic acids is 2. The summed E-state index contributed by atoms with van der Waals surface area (Å²) in [5, 5.41) is 8.53. The van der Waals surface area contributed by atoms with Crippen LogP contribution in [-0.2, 0) is 9.59 Å². The van der Waals surface area contributed by atoms with Crippen LogP contribution >= 0.6 is 0 Å². The summed E-state index contributed by atoms with van der Waals surface area (Å²) >= 11 is 0. The van der Waals surface area contributed by atoms with Crippen molar-refractivity contribution in [3.05, 3.63) is 84.2 Å². The van der Waals surface area contributed by atoms with Gasteiger partial charge < -0.3 is 4.79 Å². The summed E-state index contributed by atoms with van der Waals surface area (Å²) < 4.78 is 0. The lowest BCUT2D eigenvalue weighted by molar-refractivity contribution is -0.133. The Morgan fingerprint density at radius 2 is 1.77 bits per heavy atom. The molecule has 1 aliphatic rings. The van der Waals surface area contributed by atoms with E-state index in [0.29, 0.717) is 6.42 Å². The van der Waals surface area contributed by atoms with Crippen molar-refractivity contribution in [2.45, 2.75) is 25.3 Å². The molecule has 5 rings (SSSR count). The van der Waals surface area contributed by atoms with Crippen molar-refractivity contribution in [2.75, 3.05) is 0 Å². The highest BCUT2D eigenvalue weighted by molar-refractivity contribution is 6.05. The minimum atomic E-state index is -0.243. The predicted molar refractivity (Wildman–Crippen MR) is 120 cm³/mol. The van der Waals surface area contributed by atoms with Crippen LogP contribution in [0.25, 0.3) is 21.8 Å². The van der Waals surface area contributed by atoms with Crippen LogP contribution in [0.4, 0.5) is 0 Å². The molecular formula is C25H20N4O2. The molecule has 4 aromatic rings. The first kappa shape index (κ1) is 19.1. The highest BCUT2D eigenvalue weighted by atomic mass is 16.2. The third-order valence-corrected chi connectivity index (χ3v) is 5.60. The summed E-state index contributed by atoms with van der Waals surface area (Å²) in [4.78, 5) is 32.4. The number of aldehydes is 1. The van der Waals surface area contributed by atoms with Crippen LogP contribution in [0.2, 0.25) is 0 Å². The van der Waals surface area contributed by atoms with Gasteiger partial charge in [-0.15, -0.1) is 0 Å². The zero-order chi connectivity index (χ0) is 21.2. The first-order valence-electron chi connectivity index (χ1n) is 10.3. The summed E-state index contributed by atoms with van der Waals surface area (Å²) in [6.45, 7) is 0. The van der Waals surface area contributed by atoms with E-state index in [2.05, 4.69) is 34.2 Å². The van der Waals surface area contributed by atoms with Gasteiger partial charge in [-0.05, 0) is 40.1 Å². The van der Waals surface area contributed by atoms with Crippen molar-refractivity contribution >= 4 is 39.7 Å². The van der Waals surface area contributed by atoms with Gasteiger partial charge in [-0.25, -0.2) is 5.01 Å². The first-order valence-corrected chi connectivity index (χ1v) is 10.3. The fourth-order valence-electron chi connectivity index (χ4n) is 4.03. The van der Waals surface area contributed by atoms with Gasteiger partial charge in [0.15, 0.2) is 0 Å². The molecule has 6 heteroatoms.